The molecule has 0 aliphatic carbocycles. The molecule has 0 spiro atoms. The SMILES string of the molecule is CC(C)c1ccccc1-c1ccnc(-n2c3[c-]c(C(c4[c-]c(N5[OH+]N(C)c6ccccc65)ccc4)(c4ccccc4)c4ccccc4)ccc3c3ccccc32)c1.[Pt]. The van der Waals surface area contributed by atoms with Crippen molar-refractivity contribution in [3.05, 3.63) is 222 Å². The molecule has 0 fully saturated rings. The molecular formula is C52H41N4OPt-. The van der Waals surface area contributed by atoms with E-state index in [0.29, 0.717) is 5.92 Å². The molecule has 10 rings (SSSR count). The Morgan fingerprint density at radius 1 is 0.603 bits per heavy atom. The number of anilines is 3. The van der Waals surface area contributed by atoms with Crippen LogP contribution in [0, 0.1) is 12.1 Å². The second-order valence-electron chi connectivity index (χ2n) is 15.0. The van der Waals surface area contributed by atoms with Gasteiger partial charge in [0.2, 0.25) is 0 Å². The van der Waals surface area contributed by atoms with Crippen LogP contribution in [0.2, 0.25) is 0 Å². The Labute approximate surface area is 354 Å². The number of aromatic nitrogens is 2. The molecule has 0 saturated carbocycles. The zero-order valence-electron chi connectivity index (χ0n) is 32.5. The molecule has 0 unspecified atom stereocenters. The van der Waals surface area contributed by atoms with E-state index in [-0.39, 0.29) is 21.1 Å². The maximum Gasteiger partial charge on any atom is 0.145 e. The van der Waals surface area contributed by atoms with Crippen molar-refractivity contribution in [2.45, 2.75) is 25.2 Å². The molecule has 2 aromatic heterocycles. The van der Waals surface area contributed by atoms with E-state index in [9.17, 15) is 0 Å². The van der Waals surface area contributed by atoms with Crippen molar-refractivity contribution in [3.8, 4) is 16.9 Å². The van der Waals surface area contributed by atoms with Gasteiger partial charge in [0.25, 0.3) is 0 Å². The van der Waals surface area contributed by atoms with Crippen molar-refractivity contribution >= 4 is 38.9 Å². The van der Waals surface area contributed by atoms with Gasteiger partial charge in [0.1, 0.15) is 17.2 Å². The summed E-state index contributed by atoms with van der Waals surface area (Å²) in [4.78, 5) is 9.99. The van der Waals surface area contributed by atoms with Crippen LogP contribution in [0.5, 0.6) is 0 Å². The summed E-state index contributed by atoms with van der Waals surface area (Å²) in [5.74, 6) is 1.24. The summed E-state index contributed by atoms with van der Waals surface area (Å²) in [6.45, 7) is 4.50. The Kier molecular flexibility index (Phi) is 9.81. The van der Waals surface area contributed by atoms with Gasteiger partial charge in [0.05, 0.1) is 7.05 Å². The van der Waals surface area contributed by atoms with E-state index in [1.54, 1.807) is 0 Å². The Morgan fingerprint density at radius 2 is 1.26 bits per heavy atom. The molecule has 7 aromatic carbocycles. The Bertz CT molecular complexity index is 2870. The van der Waals surface area contributed by atoms with Crippen LogP contribution in [0.1, 0.15) is 47.6 Å². The molecule has 6 heteroatoms. The standard InChI is InChI=1S/C52H40N4O.Pt/c1-36(2)43-23-10-11-24-44(43)37-31-32-53-51(33-37)55-47-26-13-12-25-45(47)46-30-29-41(35-50(46)55)52(38-17-6-4-7-18-38,39-19-8-5-9-20-39)40-21-16-22-42(34-40)56-49-28-15-14-27-48(49)54(3)57-56;/h4-33,36H,1-3H3;/q-2;/p+1. The molecule has 3 heterocycles. The molecule has 5 nitrogen and oxygen atoms in total. The fraction of sp³-hybridized carbons (Fsp3) is 0.0962. The van der Waals surface area contributed by atoms with Gasteiger partial charge in [-0.1, -0.05) is 135 Å². The molecule has 58 heavy (non-hydrogen) atoms. The average Bonchev–Trinajstić information content (AvgIpc) is 3.79. The Hall–Kier alpha value is -6.26. The van der Waals surface area contributed by atoms with Crippen LogP contribution in [-0.2, 0) is 26.5 Å². The van der Waals surface area contributed by atoms with E-state index in [2.05, 4.69) is 200 Å². The minimum absolute atomic E-state index is 0. The van der Waals surface area contributed by atoms with E-state index in [1.807, 2.05) is 29.4 Å². The summed E-state index contributed by atoms with van der Waals surface area (Å²) in [6, 6.07) is 70.4. The second-order valence-corrected chi connectivity index (χ2v) is 15.0. The third-order valence-corrected chi connectivity index (χ3v) is 11.4. The fourth-order valence-corrected chi connectivity index (χ4v) is 8.76. The number of rotatable bonds is 8. The maximum absolute atomic E-state index is 5.05. The first-order valence-corrected chi connectivity index (χ1v) is 19.5. The molecule has 0 bridgehead atoms. The second kappa shape index (κ2) is 15.2. The van der Waals surface area contributed by atoms with E-state index >= 15 is 0 Å². The van der Waals surface area contributed by atoms with Crippen LogP contribution in [0.4, 0.5) is 17.1 Å². The van der Waals surface area contributed by atoms with Gasteiger partial charge < -0.3 is 4.57 Å². The zero-order valence-corrected chi connectivity index (χ0v) is 34.7. The molecule has 9 aromatic rings. The molecule has 0 amide bonds. The molecular weight excluding hydrogens is 892 g/mol. The van der Waals surface area contributed by atoms with Gasteiger partial charge in [-0.15, -0.1) is 38.8 Å². The summed E-state index contributed by atoms with van der Waals surface area (Å²) >= 11 is 0. The zero-order chi connectivity index (χ0) is 38.5. The third kappa shape index (κ3) is 6.05. The fourth-order valence-electron chi connectivity index (χ4n) is 8.76. The largest absolute Gasteiger partial charge is 0.319 e. The van der Waals surface area contributed by atoms with Crippen molar-refractivity contribution in [2.24, 2.45) is 0 Å². The molecule has 286 valence electrons. The summed E-state index contributed by atoms with van der Waals surface area (Å²) < 4.78 is 2.28. The quantitative estimate of drug-likeness (QED) is 0.0865. The number of hydroxylamine groups is 1. The molecule has 1 aliphatic rings. The van der Waals surface area contributed by atoms with Crippen molar-refractivity contribution in [1.82, 2.24) is 9.55 Å². The topological polar surface area (TPSA) is 37.1 Å². The molecule has 0 saturated heterocycles. The van der Waals surface area contributed by atoms with E-state index in [4.69, 9.17) is 9.92 Å². The maximum atomic E-state index is 5.05. The van der Waals surface area contributed by atoms with Crippen molar-refractivity contribution in [3.63, 3.8) is 0 Å². The predicted octanol–water partition coefficient (Wildman–Crippen LogP) is 12.4. The van der Waals surface area contributed by atoms with Gasteiger partial charge in [-0.3, -0.25) is 0 Å². The number of nitrogens with zero attached hydrogens (tertiary/aromatic N) is 4. The van der Waals surface area contributed by atoms with Crippen molar-refractivity contribution in [2.75, 3.05) is 17.2 Å². The first-order chi connectivity index (χ1) is 28.0. The van der Waals surface area contributed by atoms with Gasteiger partial charge in [0, 0.05) is 43.9 Å². The number of fused-ring (bicyclic) bond motifs is 4. The monoisotopic (exact) mass is 932 g/mol. The summed E-state index contributed by atoms with van der Waals surface area (Å²) in [6.07, 6.45) is 1.93. The molecule has 1 aliphatic heterocycles. The van der Waals surface area contributed by atoms with E-state index in [1.165, 1.54) is 11.1 Å². The molecule has 0 radical (unpaired) electrons. The molecule has 1 N–H and O–H groups in total. The summed E-state index contributed by atoms with van der Waals surface area (Å²) in [7, 11) is 1.98. The van der Waals surface area contributed by atoms with Crippen LogP contribution >= 0.6 is 0 Å². The summed E-state index contributed by atoms with van der Waals surface area (Å²) in [5.41, 5.74) is 12.1. The average molecular weight is 933 g/mol. The smallest absolute Gasteiger partial charge is 0.145 e. The Morgan fingerprint density at radius 3 is 2.02 bits per heavy atom. The van der Waals surface area contributed by atoms with Crippen molar-refractivity contribution in [1.29, 1.82) is 0 Å². The normalized spacial score (nSPS) is 12.6. The third-order valence-electron chi connectivity index (χ3n) is 11.4. The minimum Gasteiger partial charge on any atom is -0.319 e. The van der Waals surface area contributed by atoms with Gasteiger partial charge in [-0.25, -0.2) is 4.98 Å². The minimum atomic E-state index is -0.801. The Balaban J connectivity index is 0.00000436. The van der Waals surface area contributed by atoms with Crippen LogP contribution in [0.25, 0.3) is 38.8 Å². The molecule has 0 atom stereocenters. The van der Waals surface area contributed by atoms with Gasteiger partial charge in [-0.2, -0.15) is 35.3 Å². The van der Waals surface area contributed by atoms with E-state index in [0.717, 1.165) is 72.5 Å². The first-order valence-electron chi connectivity index (χ1n) is 19.5. The van der Waals surface area contributed by atoms with Gasteiger partial charge >= 0.3 is 0 Å². The van der Waals surface area contributed by atoms with Gasteiger partial charge in [-0.05, 0) is 69.5 Å². The number of pyridine rings is 1. The van der Waals surface area contributed by atoms with Crippen LogP contribution in [-0.4, -0.2) is 21.5 Å². The van der Waals surface area contributed by atoms with Crippen LogP contribution < -0.4 is 10.1 Å². The first kappa shape index (κ1) is 37.3. The summed E-state index contributed by atoms with van der Waals surface area (Å²) in [5, 5.41) is 6.18. The number of hydrogen-bond donors (Lipinski definition) is 0. The number of benzene rings is 7. The predicted molar refractivity (Wildman–Crippen MR) is 233 cm³/mol. The van der Waals surface area contributed by atoms with Crippen LogP contribution in [0.15, 0.2) is 182 Å². The number of hydrogen-bond acceptors (Lipinski definition) is 3. The van der Waals surface area contributed by atoms with E-state index < -0.39 is 5.41 Å². The van der Waals surface area contributed by atoms with Crippen LogP contribution in [0.3, 0.4) is 0 Å². The van der Waals surface area contributed by atoms with Crippen molar-refractivity contribution < 1.29 is 26.0 Å². The number of para-hydroxylation sites is 3. The van der Waals surface area contributed by atoms with Gasteiger partial charge in [0.15, 0.2) is 0 Å².